The fourth-order valence-corrected chi connectivity index (χ4v) is 6.78. The second kappa shape index (κ2) is 29.3. The lowest BCUT2D eigenvalue weighted by molar-refractivity contribution is -0.935. The second-order valence-electron chi connectivity index (χ2n) is 14.0. The van der Waals surface area contributed by atoms with Crippen LogP contribution >= 0.6 is 0 Å². The Labute approximate surface area is 283 Å². The van der Waals surface area contributed by atoms with Gasteiger partial charge in [-0.15, -0.1) is 0 Å². The third-order valence-corrected chi connectivity index (χ3v) is 9.98. The van der Waals surface area contributed by atoms with E-state index in [1.165, 1.54) is 109 Å². The number of carbonyl (C=O) groups is 3. The maximum Gasteiger partial charge on any atom is 0.312 e. The number of carboxylic acid groups (broad SMARTS) is 3. The van der Waals surface area contributed by atoms with E-state index in [0.29, 0.717) is 25.8 Å². The molecule has 0 rings (SSSR count). The van der Waals surface area contributed by atoms with E-state index in [-0.39, 0.29) is 24.1 Å². The van der Waals surface area contributed by atoms with Gasteiger partial charge in [-0.05, 0) is 51.4 Å². The molecule has 0 aliphatic carbocycles. The summed E-state index contributed by atoms with van der Waals surface area (Å²) in [7, 11) is 0. The number of nitrogens with zero attached hydrogens (tertiary/aromatic N) is 1. The van der Waals surface area contributed by atoms with Crippen molar-refractivity contribution >= 4 is 17.9 Å². The summed E-state index contributed by atoms with van der Waals surface area (Å²) in [4.78, 5) is 35.9. The van der Waals surface area contributed by atoms with E-state index in [9.17, 15) is 29.7 Å². The smallest absolute Gasteiger partial charge is 0.312 e. The quantitative estimate of drug-likeness (QED) is 0.0407. The average molecular weight is 652 g/mol. The number of allylic oxidation sites excluding steroid dienone is 2. The minimum Gasteiger partial charge on any atom is -0.550 e. The summed E-state index contributed by atoms with van der Waals surface area (Å²) >= 11 is 0. The number of hydrogen-bond donors (Lipinski definition) is 2. The molecule has 3 atom stereocenters. The van der Waals surface area contributed by atoms with Crippen LogP contribution in [0.1, 0.15) is 175 Å². The van der Waals surface area contributed by atoms with Crippen molar-refractivity contribution in [3.05, 3.63) is 12.2 Å². The van der Waals surface area contributed by atoms with Gasteiger partial charge in [-0.25, -0.2) is 0 Å². The Balaban J connectivity index is 4.41. The molecule has 0 heterocycles. The zero-order chi connectivity index (χ0) is 34.5. The van der Waals surface area contributed by atoms with Gasteiger partial charge in [0, 0.05) is 5.92 Å². The minimum atomic E-state index is -1.14. The van der Waals surface area contributed by atoms with Crippen molar-refractivity contribution in [1.82, 2.24) is 0 Å². The van der Waals surface area contributed by atoms with Gasteiger partial charge in [0.2, 0.25) is 0 Å². The first-order chi connectivity index (χ1) is 22.2. The van der Waals surface area contributed by atoms with Crippen LogP contribution in [0.3, 0.4) is 0 Å². The van der Waals surface area contributed by atoms with Crippen molar-refractivity contribution in [2.75, 3.05) is 26.2 Å². The van der Waals surface area contributed by atoms with E-state index in [2.05, 4.69) is 19.1 Å². The van der Waals surface area contributed by atoms with Crippen LogP contribution in [0.25, 0.3) is 0 Å². The molecule has 0 amide bonds. The highest BCUT2D eigenvalue weighted by Gasteiger charge is 2.39. The molecule has 0 saturated carbocycles. The van der Waals surface area contributed by atoms with E-state index in [0.717, 1.165) is 19.3 Å². The molecular formula is C39H73NO6. The highest BCUT2D eigenvalue weighted by Crippen LogP contribution is 2.25. The summed E-state index contributed by atoms with van der Waals surface area (Å²) < 4.78 is 0.221. The maximum absolute atomic E-state index is 12.0. The van der Waals surface area contributed by atoms with Crippen LogP contribution in [0.2, 0.25) is 0 Å². The summed E-state index contributed by atoms with van der Waals surface area (Å²) in [5, 5.41) is 31.6. The number of aliphatic carboxylic acids is 3. The zero-order valence-electron chi connectivity index (χ0n) is 30.5. The van der Waals surface area contributed by atoms with Gasteiger partial charge >= 0.3 is 11.9 Å². The van der Waals surface area contributed by atoms with Crippen molar-refractivity contribution in [3.8, 4) is 0 Å². The van der Waals surface area contributed by atoms with Crippen molar-refractivity contribution in [2.45, 2.75) is 175 Å². The summed E-state index contributed by atoms with van der Waals surface area (Å²) in [5.41, 5.74) is 0. The van der Waals surface area contributed by atoms with Crippen molar-refractivity contribution in [2.24, 2.45) is 17.8 Å². The lowest BCUT2D eigenvalue weighted by atomic mass is 9.95. The molecule has 0 aromatic rings. The van der Waals surface area contributed by atoms with Crippen LogP contribution in [0.5, 0.6) is 0 Å². The fraction of sp³-hybridized carbons (Fsp3) is 0.872. The molecule has 0 bridgehead atoms. The van der Waals surface area contributed by atoms with Crippen molar-refractivity contribution in [3.63, 3.8) is 0 Å². The summed E-state index contributed by atoms with van der Waals surface area (Å²) in [6.07, 6.45) is 31.2. The first-order valence-electron chi connectivity index (χ1n) is 19.3. The first-order valence-corrected chi connectivity index (χ1v) is 19.3. The Bertz CT molecular complexity index is 738. The molecular weight excluding hydrogens is 578 g/mol. The molecule has 0 fully saturated rings. The van der Waals surface area contributed by atoms with Gasteiger partial charge < -0.3 is 24.6 Å². The molecule has 46 heavy (non-hydrogen) atoms. The zero-order valence-corrected chi connectivity index (χ0v) is 30.5. The van der Waals surface area contributed by atoms with Gasteiger partial charge in [-0.2, -0.15) is 0 Å². The SMILES string of the molecule is CCCC/C=C/CCCCCCCCCCCCCCCCCC[N+](CC(CC)C(=O)[O-])(CC(CC)C(=O)O)CC(CC)C(=O)O. The number of carboxylic acids is 3. The Morgan fingerprint density at radius 3 is 1.17 bits per heavy atom. The average Bonchev–Trinajstić information content (AvgIpc) is 3.03. The Hall–Kier alpha value is -1.89. The molecule has 0 aromatic heterocycles. The van der Waals surface area contributed by atoms with Gasteiger partial charge in [0.15, 0.2) is 0 Å². The predicted octanol–water partition coefficient (Wildman–Crippen LogP) is 9.18. The molecule has 0 aromatic carbocycles. The maximum atomic E-state index is 12.0. The van der Waals surface area contributed by atoms with Gasteiger partial charge in [-0.3, -0.25) is 9.59 Å². The monoisotopic (exact) mass is 652 g/mol. The fourth-order valence-electron chi connectivity index (χ4n) is 6.78. The van der Waals surface area contributed by atoms with Crippen LogP contribution in [-0.4, -0.2) is 58.8 Å². The van der Waals surface area contributed by atoms with E-state index < -0.39 is 35.7 Å². The van der Waals surface area contributed by atoms with Gasteiger partial charge in [0.25, 0.3) is 0 Å². The summed E-state index contributed by atoms with van der Waals surface area (Å²) in [6.45, 7) is 9.05. The lowest BCUT2D eigenvalue weighted by Crippen LogP contribution is -2.59. The van der Waals surface area contributed by atoms with Crippen LogP contribution in [0, 0.1) is 17.8 Å². The van der Waals surface area contributed by atoms with Crippen molar-refractivity contribution < 1.29 is 34.2 Å². The number of quaternary nitrogens is 1. The van der Waals surface area contributed by atoms with Crippen LogP contribution in [-0.2, 0) is 14.4 Å². The van der Waals surface area contributed by atoms with E-state index >= 15 is 0 Å². The third kappa shape index (κ3) is 22.6. The summed E-state index contributed by atoms with van der Waals surface area (Å²) in [6, 6.07) is 0. The predicted molar refractivity (Wildman–Crippen MR) is 189 cm³/mol. The molecule has 0 aliphatic rings. The van der Waals surface area contributed by atoms with E-state index in [4.69, 9.17) is 0 Å². The van der Waals surface area contributed by atoms with Crippen molar-refractivity contribution in [1.29, 1.82) is 0 Å². The number of carbonyl (C=O) groups excluding carboxylic acids is 1. The van der Waals surface area contributed by atoms with Gasteiger partial charge in [0.05, 0.1) is 32.1 Å². The molecule has 7 heteroatoms. The summed E-state index contributed by atoms with van der Waals surface area (Å²) in [5.74, 6) is -4.94. The Morgan fingerprint density at radius 2 is 0.848 bits per heavy atom. The highest BCUT2D eigenvalue weighted by molar-refractivity contribution is 5.70. The van der Waals surface area contributed by atoms with Crippen LogP contribution < -0.4 is 5.11 Å². The van der Waals surface area contributed by atoms with Crippen LogP contribution in [0.4, 0.5) is 0 Å². The molecule has 2 N–H and O–H groups in total. The molecule has 0 radical (unpaired) electrons. The lowest BCUT2D eigenvalue weighted by Gasteiger charge is -2.44. The molecule has 0 aliphatic heterocycles. The third-order valence-electron chi connectivity index (χ3n) is 9.98. The Kier molecular flexibility index (Phi) is 28.1. The molecule has 0 saturated heterocycles. The first kappa shape index (κ1) is 44.1. The molecule has 3 unspecified atom stereocenters. The standard InChI is InChI=1S/C39H73NO6/c1-5-9-10-11-12-13-14-15-16-17-18-19-20-21-22-23-24-25-26-27-28-29-30-40(31-34(6-2)37(41)42,32-35(7-3)38(43)44)33-36(8-4)39(45)46/h11-12,34-36H,5-10,13-33H2,1-4H3,(H2-,41,42,43,44,45,46)/b12-11+. The topological polar surface area (TPSA) is 115 Å². The second-order valence-corrected chi connectivity index (χ2v) is 14.0. The minimum absolute atomic E-state index is 0.221. The molecule has 7 nitrogen and oxygen atoms in total. The number of rotatable bonds is 34. The van der Waals surface area contributed by atoms with Gasteiger partial charge in [0.1, 0.15) is 11.8 Å². The van der Waals surface area contributed by atoms with Crippen LogP contribution in [0.15, 0.2) is 12.2 Å². The largest absolute Gasteiger partial charge is 0.550 e. The van der Waals surface area contributed by atoms with Gasteiger partial charge in [-0.1, -0.05) is 136 Å². The van der Waals surface area contributed by atoms with E-state index in [1.54, 1.807) is 6.92 Å². The van der Waals surface area contributed by atoms with E-state index in [1.807, 2.05) is 13.8 Å². The highest BCUT2D eigenvalue weighted by atomic mass is 16.4. The number of hydrogen-bond acceptors (Lipinski definition) is 4. The normalized spacial score (nSPS) is 15.0. The molecule has 270 valence electrons. The molecule has 0 spiro atoms. The Morgan fingerprint density at radius 1 is 0.522 bits per heavy atom. The number of unbranched alkanes of at least 4 members (excludes halogenated alkanes) is 18.